The van der Waals surface area contributed by atoms with E-state index in [2.05, 4.69) is 21.2 Å². The molecule has 0 aliphatic heterocycles. The molecule has 1 N–H and O–H groups in total. The van der Waals surface area contributed by atoms with Crippen LogP contribution < -0.4 is 5.32 Å². The van der Waals surface area contributed by atoms with Crippen molar-refractivity contribution in [1.82, 2.24) is 9.62 Å². The van der Waals surface area contributed by atoms with E-state index in [-0.39, 0.29) is 22.4 Å². The topological polar surface area (TPSA) is 66.5 Å². The molecule has 3 rings (SSSR count). The number of carbonyl (C=O) groups is 1. The Kier molecular flexibility index (Phi) is 6.52. The van der Waals surface area contributed by atoms with Crippen molar-refractivity contribution in [2.24, 2.45) is 0 Å². The first kappa shape index (κ1) is 21.2. The zero-order chi connectivity index (χ0) is 21.0. The number of carbonyl (C=O) groups excluding carboxylic acids is 1. The largest absolute Gasteiger partial charge is 0.341 e. The summed E-state index contributed by atoms with van der Waals surface area (Å²) in [6, 6.07) is 23.5. The molecule has 5 nitrogen and oxygen atoms in total. The summed E-state index contributed by atoms with van der Waals surface area (Å²) in [5.74, 6) is -0.356. The Hall–Kier alpha value is -2.48. The van der Waals surface area contributed by atoms with Crippen molar-refractivity contribution in [1.29, 1.82) is 0 Å². The standard InChI is InChI=1S/C22H21BrN2O3S/c1-25(2)29(27,28)20-15-18(13-14-19(20)23)22(26)24-21(16-9-5-3-6-10-16)17-11-7-4-8-12-17/h3-15,21H,1-2H3,(H,24,26). The van der Waals surface area contributed by atoms with Gasteiger partial charge >= 0.3 is 0 Å². The van der Waals surface area contributed by atoms with E-state index in [1.807, 2.05) is 60.7 Å². The van der Waals surface area contributed by atoms with E-state index in [4.69, 9.17) is 0 Å². The molecule has 0 aliphatic carbocycles. The zero-order valence-electron chi connectivity index (χ0n) is 16.0. The highest BCUT2D eigenvalue weighted by Crippen LogP contribution is 2.27. The average Bonchev–Trinajstić information content (AvgIpc) is 2.73. The van der Waals surface area contributed by atoms with Crippen LogP contribution in [0.1, 0.15) is 27.5 Å². The lowest BCUT2D eigenvalue weighted by Crippen LogP contribution is -2.30. The summed E-state index contributed by atoms with van der Waals surface area (Å²) >= 11 is 3.27. The Bertz CT molecular complexity index is 1060. The predicted octanol–water partition coefficient (Wildman–Crippen LogP) is 4.22. The number of amides is 1. The van der Waals surface area contributed by atoms with Crippen molar-refractivity contribution >= 4 is 31.9 Å². The molecule has 0 fully saturated rings. The smallest absolute Gasteiger partial charge is 0.252 e. The van der Waals surface area contributed by atoms with Gasteiger partial charge in [0.2, 0.25) is 10.0 Å². The van der Waals surface area contributed by atoms with Gasteiger partial charge < -0.3 is 5.32 Å². The number of hydrogen-bond acceptors (Lipinski definition) is 3. The van der Waals surface area contributed by atoms with Gasteiger partial charge in [0.15, 0.2) is 0 Å². The molecule has 0 aliphatic rings. The average molecular weight is 473 g/mol. The van der Waals surface area contributed by atoms with Gasteiger partial charge in [-0.1, -0.05) is 60.7 Å². The summed E-state index contributed by atoms with van der Waals surface area (Å²) in [6.45, 7) is 0. The number of sulfonamides is 1. The molecule has 0 heterocycles. The molecular weight excluding hydrogens is 452 g/mol. The van der Waals surface area contributed by atoms with E-state index < -0.39 is 10.0 Å². The van der Waals surface area contributed by atoms with Gasteiger partial charge in [-0.05, 0) is 45.3 Å². The highest BCUT2D eigenvalue weighted by atomic mass is 79.9. The molecule has 3 aromatic rings. The lowest BCUT2D eigenvalue weighted by Gasteiger charge is -2.20. The second kappa shape index (κ2) is 8.90. The minimum absolute atomic E-state index is 0.0473. The Balaban J connectivity index is 1.97. The summed E-state index contributed by atoms with van der Waals surface area (Å²) in [6.07, 6.45) is 0. The minimum atomic E-state index is -3.69. The molecule has 0 aromatic heterocycles. The molecule has 0 atom stereocenters. The van der Waals surface area contributed by atoms with E-state index in [1.165, 1.54) is 20.2 Å². The molecular formula is C22H21BrN2O3S. The van der Waals surface area contributed by atoms with Crippen molar-refractivity contribution in [2.75, 3.05) is 14.1 Å². The summed E-state index contributed by atoms with van der Waals surface area (Å²) in [5, 5.41) is 3.03. The summed E-state index contributed by atoms with van der Waals surface area (Å²) in [7, 11) is -0.782. The Morgan fingerprint density at radius 1 is 0.897 bits per heavy atom. The number of benzene rings is 3. The molecule has 0 spiro atoms. The Morgan fingerprint density at radius 2 is 1.41 bits per heavy atom. The third kappa shape index (κ3) is 4.75. The predicted molar refractivity (Wildman–Crippen MR) is 117 cm³/mol. The van der Waals surface area contributed by atoms with Gasteiger partial charge in [-0.25, -0.2) is 12.7 Å². The molecule has 1 amide bonds. The summed E-state index contributed by atoms with van der Waals surface area (Å²) in [5.41, 5.74) is 2.14. The second-order valence-electron chi connectivity index (χ2n) is 6.66. The minimum Gasteiger partial charge on any atom is -0.341 e. The van der Waals surface area contributed by atoms with E-state index in [1.54, 1.807) is 12.1 Å². The lowest BCUT2D eigenvalue weighted by molar-refractivity contribution is 0.0942. The molecule has 0 radical (unpaired) electrons. The normalized spacial score (nSPS) is 11.6. The maximum absolute atomic E-state index is 13.0. The van der Waals surface area contributed by atoms with Crippen LogP contribution in [0.2, 0.25) is 0 Å². The van der Waals surface area contributed by atoms with E-state index in [9.17, 15) is 13.2 Å². The fraction of sp³-hybridized carbons (Fsp3) is 0.136. The van der Waals surface area contributed by atoms with Gasteiger partial charge in [0.1, 0.15) is 0 Å². The number of rotatable bonds is 6. The van der Waals surface area contributed by atoms with Crippen molar-refractivity contribution in [3.8, 4) is 0 Å². The van der Waals surface area contributed by atoms with Gasteiger partial charge in [-0.3, -0.25) is 4.79 Å². The first-order valence-electron chi connectivity index (χ1n) is 8.93. The number of hydrogen-bond donors (Lipinski definition) is 1. The molecule has 29 heavy (non-hydrogen) atoms. The number of halogens is 1. The van der Waals surface area contributed by atoms with E-state index >= 15 is 0 Å². The fourth-order valence-corrected chi connectivity index (χ4v) is 4.75. The van der Waals surface area contributed by atoms with E-state index in [0.717, 1.165) is 15.4 Å². The molecule has 0 saturated carbocycles. The summed E-state index contributed by atoms with van der Waals surface area (Å²) in [4.78, 5) is 13.1. The van der Waals surface area contributed by atoms with Gasteiger partial charge in [0, 0.05) is 24.1 Å². The highest BCUT2D eigenvalue weighted by Gasteiger charge is 2.23. The monoisotopic (exact) mass is 472 g/mol. The highest BCUT2D eigenvalue weighted by molar-refractivity contribution is 9.10. The number of nitrogens with one attached hydrogen (secondary N) is 1. The quantitative estimate of drug-likeness (QED) is 0.583. The molecule has 7 heteroatoms. The fourth-order valence-electron chi connectivity index (χ4n) is 2.90. The van der Waals surface area contributed by atoms with Crippen molar-refractivity contribution in [3.05, 3.63) is 100 Å². The van der Waals surface area contributed by atoms with Gasteiger partial charge in [0.25, 0.3) is 5.91 Å². The molecule has 3 aromatic carbocycles. The molecule has 0 bridgehead atoms. The van der Waals surface area contributed by atoms with Crippen molar-refractivity contribution in [3.63, 3.8) is 0 Å². The van der Waals surface area contributed by atoms with Crippen LogP contribution in [0.3, 0.4) is 0 Å². The van der Waals surface area contributed by atoms with Crippen LogP contribution in [0.5, 0.6) is 0 Å². The van der Waals surface area contributed by atoms with Crippen LogP contribution in [0.25, 0.3) is 0 Å². The van der Waals surface area contributed by atoms with Crippen molar-refractivity contribution < 1.29 is 13.2 Å². The lowest BCUT2D eigenvalue weighted by atomic mass is 9.98. The first-order chi connectivity index (χ1) is 13.8. The van der Waals surface area contributed by atoms with Gasteiger partial charge in [-0.2, -0.15) is 0 Å². The van der Waals surface area contributed by atoms with E-state index in [0.29, 0.717) is 4.47 Å². The SMILES string of the molecule is CN(C)S(=O)(=O)c1cc(C(=O)NC(c2ccccc2)c2ccccc2)ccc1Br. The third-order valence-electron chi connectivity index (χ3n) is 4.49. The van der Waals surface area contributed by atoms with Gasteiger partial charge in [0.05, 0.1) is 10.9 Å². The first-order valence-corrected chi connectivity index (χ1v) is 11.2. The molecule has 0 unspecified atom stereocenters. The maximum Gasteiger partial charge on any atom is 0.252 e. The molecule has 150 valence electrons. The maximum atomic E-state index is 13.0. The van der Waals surface area contributed by atoms with Crippen LogP contribution in [0, 0.1) is 0 Å². The zero-order valence-corrected chi connectivity index (χ0v) is 18.4. The van der Waals surface area contributed by atoms with Crippen molar-refractivity contribution in [2.45, 2.75) is 10.9 Å². The summed E-state index contributed by atoms with van der Waals surface area (Å²) < 4.78 is 26.6. The second-order valence-corrected chi connectivity index (χ2v) is 9.64. The Morgan fingerprint density at radius 3 is 1.90 bits per heavy atom. The van der Waals surface area contributed by atoms with Crippen LogP contribution in [0.4, 0.5) is 0 Å². The molecule has 0 saturated heterocycles. The number of nitrogens with zero attached hydrogens (tertiary/aromatic N) is 1. The van der Waals surface area contributed by atoms with Crippen LogP contribution in [-0.4, -0.2) is 32.7 Å². The van der Waals surface area contributed by atoms with Crippen LogP contribution in [0.15, 0.2) is 88.2 Å². The Labute approximate surface area is 179 Å². The van der Waals surface area contributed by atoms with Crippen LogP contribution in [-0.2, 0) is 10.0 Å². The van der Waals surface area contributed by atoms with Gasteiger partial charge in [-0.15, -0.1) is 0 Å². The van der Waals surface area contributed by atoms with Crippen LogP contribution >= 0.6 is 15.9 Å². The third-order valence-corrected chi connectivity index (χ3v) is 7.30.